The Morgan fingerprint density at radius 2 is 1.92 bits per heavy atom. The molecule has 0 aliphatic carbocycles. The Morgan fingerprint density at radius 1 is 1.04 bits per heavy atom. The fourth-order valence-corrected chi connectivity index (χ4v) is 3.41. The fraction of sp³-hybridized carbons (Fsp3) is 0.0476. The van der Waals surface area contributed by atoms with Gasteiger partial charge < -0.3 is 9.73 Å². The number of carbonyl (C=O) groups is 1. The SMILES string of the molecule is O=C(NCc1cncc(-c2ccco2)c1)c1ccc(-c2cccs2)cc1. The maximum atomic E-state index is 12.4. The van der Waals surface area contributed by atoms with E-state index >= 15 is 0 Å². The molecule has 4 aromatic rings. The first-order chi connectivity index (χ1) is 12.8. The molecule has 0 aliphatic rings. The highest BCUT2D eigenvalue weighted by molar-refractivity contribution is 7.13. The molecule has 3 aromatic heterocycles. The summed E-state index contributed by atoms with van der Waals surface area (Å²) in [6.07, 6.45) is 5.11. The number of amides is 1. The molecule has 0 aliphatic heterocycles. The molecule has 26 heavy (non-hydrogen) atoms. The van der Waals surface area contributed by atoms with Crippen molar-refractivity contribution in [1.82, 2.24) is 10.3 Å². The third kappa shape index (κ3) is 3.58. The monoisotopic (exact) mass is 360 g/mol. The van der Waals surface area contributed by atoms with E-state index in [2.05, 4.69) is 16.4 Å². The number of rotatable bonds is 5. The molecular weight excluding hydrogens is 344 g/mol. The first-order valence-corrected chi connectivity index (χ1v) is 9.07. The number of furan rings is 1. The van der Waals surface area contributed by atoms with Crippen molar-refractivity contribution < 1.29 is 9.21 Å². The van der Waals surface area contributed by atoms with Crippen molar-refractivity contribution >= 4 is 17.2 Å². The Hall–Kier alpha value is -3.18. The van der Waals surface area contributed by atoms with Gasteiger partial charge in [-0.15, -0.1) is 11.3 Å². The lowest BCUT2D eigenvalue weighted by atomic mass is 10.1. The molecule has 0 bridgehead atoms. The number of hydrogen-bond acceptors (Lipinski definition) is 4. The summed E-state index contributed by atoms with van der Waals surface area (Å²) in [4.78, 5) is 17.8. The number of thiophene rings is 1. The zero-order chi connectivity index (χ0) is 17.8. The van der Waals surface area contributed by atoms with Gasteiger partial charge in [-0.05, 0) is 52.9 Å². The summed E-state index contributed by atoms with van der Waals surface area (Å²) in [6.45, 7) is 0.410. The van der Waals surface area contributed by atoms with E-state index in [1.165, 1.54) is 4.88 Å². The van der Waals surface area contributed by atoms with Gasteiger partial charge in [0.2, 0.25) is 0 Å². The second-order valence-electron chi connectivity index (χ2n) is 5.80. The van der Waals surface area contributed by atoms with E-state index < -0.39 is 0 Å². The molecule has 128 valence electrons. The topological polar surface area (TPSA) is 55.1 Å². The summed E-state index contributed by atoms with van der Waals surface area (Å²) in [5, 5.41) is 4.98. The maximum Gasteiger partial charge on any atom is 0.251 e. The molecular formula is C21H16N2O2S. The predicted molar refractivity (Wildman–Crippen MR) is 103 cm³/mol. The second kappa shape index (κ2) is 7.37. The van der Waals surface area contributed by atoms with Gasteiger partial charge in [0.05, 0.1) is 6.26 Å². The van der Waals surface area contributed by atoms with Gasteiger partial charge >= 0.3 is 0 Å². The summed E-state index contributed by atoms with van der Waals surface area (Å²) >= 11 is 1.68. The first-order valence-electron chi connectivity index (χ1n) is 8.19. The largest absolute Gasteiger partial charge is 0.464 e. The molecule has 0 spiro atoms. The van der Waals surface area contributed by atoms with Crippen LogP contribution in [0.5, 0.6) is 0 Å². The number of benzene rings is 1. The van der Waals surface area contributed by atoms with Crippen molar-refractivity contribution in [3.05, 3.63) is 89.8 Å². The zero-order valence-electron chi connectivity index (χ0n) is 13.9. The number of nitrogens with zero attached hydrogens (tertiary/aromatic N) is 1. The van der Waals surface area contributed by atoms with Crippen LogP contribution in [-0.2, 0) is 6.54 Å². The molecule has 1 N–H and O–H groups in total. The van der Waals surface area contributed by atoms with Crippen LogP contribution < -0.4 is 5.32 Å². The van der Waals surface area contributed by atoms with Gasteiger partial charge in [-0.25, -0.2) is 0 Å². The van der Waals surface area contributed by atoms with Crippen molar-refractivity contribution in [2.45, 2.75) is 6.54 Å². The first kappa shape index (κ1) is 16.3. The zero-order valence-corrected chi connectivity index (χ0v) is 14.7. The third-order valence-corrected chi connectivity index (χ3v) is 4.93. The minimum atomic E-state index is -0.105. The van der Waals surface area contributed by atoms with Gasteiger partial charge in [0.15, 0.2) is 0 Å². The molecule has 0 fully saturated rings. The Labute approximate surface area is 155 Å². The lowest BCUT2D eigenvalue weighted by molar-refractivity contribution is 0.0951. The van der Waals surface area contributed by atoms with E-state index in [1.54, 1.807) is 30.0 Å². The van der Waals surface area contributed by atoms with E-state index in [4.69, 9.17) is 4.42 Å². The van der Waals surface area contributed by atoms with Gasteiger partial charge in [0.1, 0.15) is 5.76 Å². The van der Waals surface area contributed by atoms with E-state index in [0.29, 0.717) is 12.1 Å². The van der Waals surface area contributed by atoms with Crippen molar-refractivity contribution in [3.63, 3.8) is 0 Å². The molecule has 4 rings (SSSR count). The van der Waals surface area contributed by atoms with Crippen LogP contribution in [0.2, 0.25) is 0 Å². The molecule has 4 nitrogen and oxygen atoms in total. The minimum Gasteiger partial charge on any atom is -0.464 e. The van der Waals surface area contributed by atoms with Crippen LogP contribution in [-0.4, -0.2) is 10.9 Å². The van der Waals surface area contributed by atoms with Crippen LogP contribution >= 0.6 is 11.3 Å². The van der Waals surface area contributed by atoms with Gasteiger partial charge in [0, 0.05) is 34.9 Å². The van der Waals surface area contributed by atoms with Crippen LogP contribution in [0.4, 0.5) is 0 Å². The average Bonchev–Trinajstić information content (AvgIpc) is 3.40. The molecule has 0 saturated carbocycles. The molecule has 0 saturated heterocycles. The van der Waals surface area contributed by atoms with Crippen LogP contribution in [0.15, 0.2) is 83.1 Å². The van der Waals surface area contributed by atoms with Crippen molar-refractivity contribution in [3.8, 4) is 21.8 Å². The number of nitrogens with one attached hydrogen (secondary N) is 1. The smallest absolute Gasteiger partial charge is 0.251 e. The Balaban J connectivity index is 1.42. The minimum absolute atomic E-state index is 0.105. The average molecular weight is 360 g/mol. The second-order valence-corrected chi connectivity index (χ2v) is 6.74. The van der Waals surface area contributed by atoms with Gasteiger partial charge in [-0.2, -0.15) is 0 Å². The fourth-order valence-electron chi connectivity index (χ4n) is 2.67. The lowest BCUT2D eigenvalue weighted by Crippen LogP contribution is -2.22. The summed E-state index contributed by atoms with van der Waals surface area (Å²) in [5.74, 6) is 0.654. The molecule has 5 heteroatoms. The van der Waals surface area contributed by atoms with E-state index in [1.807, 2.05) is 53.9 Å². The molecule has 0 radical (unpaired) electrons. The lowest BCUT2D eigenvalue weighted by Gasteiger charge is -2.07. The van der Waals surface area contributed by atoms with Crippen LogP contribution in [0.3, 0.4) is 0 Å². The van der Waals surface area contributed by atoms with Crippen LogP contribution in [0.25, 0.3) is 21.8 Å². The molecule has 0 atom stereocenters. The molecule has 1 amide bonds. The van der Waals surface area contributed by atoms with Crippen LogP contribution in [0, 0.1) is 0 Å². The summed E-state index contributed by atoms with van der Waals surface area (Å²) in [5.41, 5.74) is 3.57. The summed E-state index contributed by atoms with van der Waals surface area (Å²) in [6, 6.07) is 17.4. The Morgan fingerprint density at radius 3 is 2.65 bits per heavy atom. The standard InChI is InChI=1S/C21H16N2O2S/c24-21(17-7-5-16(6-8-17)20-4-2-10-26-20)23-13-15-11-18(14-22-12-15)19-3-1-9-25-19/h1-12,14H,13H2,(H,23,24). The van der Waals surface area contributed by atoms with Crippen molar-refractivity contribution in [2.75, 3.05) is 0 Å². The summed E-state index contributed by atoms with van der Waals surface area (Å²) < 4.78 is 5.38. The number of aromatic nitrogens is 1. The third-order valence-electron chi connectivity index (χ3n) is 4.01. The molecule has 3 heterocycles. The van der Waals surface area contributed by atoms with E-state index in [0.717, 1.165) is 22.5 Å². The van der Waals surface area contributed by atoms with Crippen molar-refractivity contribution in [2.24, 2.45) is 0 Å². The highest BCUT2D eigenvalue weighted by atomic mass is 32.1. The Bertz CT molecular complexity index is 991. The van der Waals surface area contributed by atoms with E-state index in [-0.39, 0.29) is 5.91 Å². The predicted octanol–water partition coefficient (Wildman–Crippen LogP) is 5.00. The quantitative estimate of drug-likeness (QED) is 0.545. The van der Waals surface area contributed by atoms with Crippen LogP contribution in [0.1, 0.15) is 15.9 Å². The molecule has 1 aromatic carbocycles. The maximum absolute atomic E-state index is 12.4. The number of pyridine rings is 1. The highest BCUT2D eigenvalue weighted by Crippen LogP contribution is 2.24. The van der Waals surface area contributed by atoms with Gasteiger partial charge in [0.25, 0.3) is 5.91 Å². The summed E-state index contributed by atoms with van der Waals surface area (Å²) in [7, 11) is 0. The number of carbonyl (C=O) groups excluding carboxylic acids is 1. The van der Waals surface area contributed by atoms with E-state index in [9.17, 15) is 4.79 Å². The Kier molecular flexibility index (Phi) is 4.62. The van der Waals surface area contributed by atoms with Gasteiger partial charge in [-0.1, -0.05) is 18.2 Å². The number of hydrogen-bond donors (Lipinski definition) is 1. The van der Waals surface area contributed by atoms with Crippen molar-refractivity contribution in [1.29, 1.82) is 0 Å². The highest BCUT2D eigenvalue weighted by Gasteiger charge is 2.08. The molecule has 0 unspecified atom stereocenters. The van der Waals surface area contributed by atoms with Gasteiger partial charge in [-0.3, -0.25) is 9.78 Å². The normalized spacial score (nSPS) is 10.6.